The van der Waals surface area contributed by atoms with Crippen LogP contribution in [0, 0.1) is 0 Å². The zero-order chi connectivity index (χ0) is 14.4. The molecule has 7 heteroatoms. The van der Waals surface area contributed by atoms with Gasteiger partial charge in [-0.3, -0.25) is 9.59 Å². The zero-order valence-corrected chi connectivity index (χ0v) is 11.3. The predicted octanol–water partition coefficient (Wildman–Crippen LogP) is 0.160. The molecule has 19 heavy (non-hydrogen) atoms. The Bertz CT molecular complexity index is 359. The van der Waals surface area contributed by atoms with Crippen molar-refractivity contribution in [3.05, 3.63) is 0 Å². The van der Waals surface area contributed by atoms with E-state index in [9.17, 15) is 14.4 Å². The molecule has 1 saturated heterocycles. The van der Waals surface area contributed by atoms with E-state index in [-0.39, 0.29) is 24.4 Å². The topological polar surface area (TPSA) is 98.7 Å². The molecule has 0 spiro atoms. The van der Waals surface area contributed by atoms with Crippen molar-refractivity contribution in [2.75, 3.05) is 13.6 Å². The van der Waals surface area contributed by atoms with Crippen molar-refractivity contribution < 1.29 is 19.5 Å². The van der Waals surface area contributed by atoms with Gasteiger partial charge in [0.15, 0.2) is 0 Å². The summed E-state index contributed by atoms with van der Waals surface area (Å²) in [5.74, 6) is -0.912. The molecule has 1 heterocycles. The maximum absolute atomic E-state index is 11.6. The summed E-state index contributed by atoms with van der Waals surface area (Å²) in [4.78, 5) is 35.2. The Labute approximate surface area is 112 Å². The number of carbonyl (C=O) groups excluding carboxylic acids is 2. The summed E-state index contributed by atoms with van der Waals surface area (Å²) < 4.78 is 0. The second kappa shape index (κ2) is 6.96. The van der Waals surface area contributed by atoms with Crippen LogP contribution in [0.15, 0.2) is 0 Å². The SMILES string of the molecule is CC(CCCC(=O)O)NC(=O)NC1CCN(C)C1=O. The van der Waals surface area contributed by atoms with E-state index in [1.54, 1.807) is 11.9 Å². The minimum atomic E-state index is -0.837. The van der Waals surface area contributed by atoms with Gasteiger partial charge in [-0.25, -0.2) is 4.79 Å². The lowest BCUT2D eigenvalue weighted by Gasteiger charge is -2.17. The number of carbonyl (C=O) groups is 3. The van der Waals surface area contributed by atoms with Crippen LogP contribution in [0.3, 0.4) is 0 Å². The van der Waals surface area contributed by atoms with Crippen LogP contribution in [0.25, 0.3) is 0 Å². The van der Waals surface area contributed by atoms with Gasteiger partial charge in [0.05, 0.1) is 0 Å². The Morgan fingerprint density at radius 1 is 1.53 bits per heavy atom. The first-order chi connectivity index (χ1) is 8.90. The number of amides is 3. The summed E-state index contributed by atoms with van der Waals surface area (Å²) in [6.45, 7) is 2.46. The zero-order valence-electron chi connectivity index (χ0n) is 11.3. The summed E-state index contributed by atoms with van der Waals surface area (Å²) in [7, 11) is 1.70. The second-order valence-electron chi connectivity index (χ2n) is 4.91. The number of carboxylic acid groups (broad SMARTS) is 1. The first kappa shape index (κ1) is 15.3. The lowest BCUT2D eigenvalue weighted by atomic mass is 10.1. The van der Waals surface area contributed by atoms with Crippen LogP contribution in [0.5, 0.6) is 0 Å². The highest BCUT2D eigenvalue weighted by Gasteiger charge is 2.30. The number of rotatable bonds is 6. The largest absolute Gasteiger partial charge is 0.481 e. The summed E-state index contributed by atoms with van der Waals surface area (Å²) >= 11 is 0. The van der Waals surface area contributed by atoms with Crippen LogP contribution in [0.1, 0.15) is 32.6 Å². The number of hydrogen-bond acceptors (Lipinski definition) is 3. The van der Waals surface area contributed by atoms with E-state index in [0.717, 1.165) is 0 Å². The Kier molecular flexibility index (Phi) is 5.59. The maximum Gasteiger partial charge on any atom is 0.315 e. The molecule has 0 aliphatic carbocycles. The fraction of sp³-hybridized carbons (Fsp3) is 0.750. The van der Waals surface area contributed by atoms with E-state index < -0.39 is 12.0 Å². The molecule has 0 aromatic rings. The number of urea groups is 1. The quantitative estimate of drug-likeness (QED) is 0.641. The molecule has 7 nitrogen and oxygen atoms in total. The lowest BCUT2D eigenvalue weighted by molar-refractivity contribution is -0.137. The summed E-state index contributed by atoms with van der Waals surface area (Å²) in [5, 5.41) is 13.8. The molecule has 3 N–H and O–H groups in total. The van der Waals surface area contributed by atoms with Crippen molar-refractivity contribution in [3.63, 3.8) is 0 Å². The fourth-order valence-corrected chi connectivity index (χ4v) is 2.01. The number of nitrogens with zero attached hydrogens (tertiary/aromatic N) is 1. The maximum atomic E-state index is 11.6. The van der Waals surface area contributed by atoms with Crippen LogP contribution in [0.2, 0.25) is 0 Å². The van der Waals surface area contributed by atoms with Crippen LogP contribution in [-0.2, 0) is 9.59 Å². The van der Waals surface area contributed by atoms with Crippen molar-refractivity contribution in [2.24, 2.45) is 0 Å². The van der Waals surface area contributed by atoms with Gasteiger partial charge in [0.2, 0.25) is 5.91 Å². The molecular formula is C12H21N3O4. The van der Waals surface area contributed by atoms with Crippen LogP contribution in [0.4, 0.5) is 4.79 Å². The molecule has 1 fully saturated rings. The molecule has 0 radical (unpaired) electrons. The minimum absolute atomic E-state index is 0.0753. The molecule has 2 atom stereocenters. The average Bonchev–Trinajstić information content (AvgIpc) is 2.60. The monoisotopic (exact) mass is 271 g/mol. The standard InChI is InChI=1S/C12H21N3O4/c1-8(4-3-5-10(16)17)13-12(19)14-9-6-7-15(2)11(9)18/h8-9H,3-7H2,1-2H3,(H,16,17)(H2,13,14,19). The van der Waals surface area contributed by atoms with Gasteiger partial charge in [-0.05, 0) is 26.2 Å². The molecule has 1 aliphatic rings. The highest BCUT2D eigenvalue weighted by atomic mass is 16.4. The third kappa shape index (κ3) is 5.15. The van der Waals surface area contributed by atoms with Gasteiger partial charge in [0, 0.05) is 26.1 Å². The van der Waals surface area contributed by atoms with Gasteiger partial charge in [-0.15, -0.1) is 0 Å². The molecule has 0 aromatic carbocycles. The molecule has 1 aliphatic heterocycles. The van der Waals surface area contributed by atoms with E-state index >= 15 is 0 Å². The van der Waals surface area contributed by atoms with E-state index in [0.29, 0.717) is 25.8 Å². The van der Waals surface area contributed by atoms with Gasteiger partial charge in [-0.2, -0.15) is 0 Å². The molecule has 0 bridgehead atoms. The molecular weight excluding hydrogens is 250 g/mol. The average molecular weight is 271 g/mol. The smallest absolute Gasteiger partial charge is 0.315 e. The number of hydrogen-bond donors (Lipinski definition) is 3. The van der Waals surface area contributed by atoms with E-state index in [2.05, 4.69) is 10.6 Å². The Balaban J connectivity index is 2.23. The third-order valence-corrected chi connectivity index (χ3v) is 3.14. The number of nitrogens with one attached hydrogen (secondary N) is 2. The second-order valence-corrected chi connectivity index (χ2v) is 4.91. The number of likely N-dealkylation sites (tertiary alicyclic amines) is 1. The molecule has 108 valence electrons. The van der Waals surface area contributed by atoms with Gasteiger partial charge in [0.1, 0.15) is 6.04 Å². The Morgan fingerprint density at radius 2 is 2.21 bits per heavy atom. The Morgan fingerprint density at radius 3 is 2.74 bits per heavy atom. The van der Waals surface area contributed by atoms with Crippen molar-refractivity contribution >= 4 is 17.9 Å². The molecule has 0 aromatic heterocycles. The molecule has 3 amide bonds. The van der Waals surface area contributed by atoms with Gasteiger partial charge < -0.3 is 20.6 Å². The fourth-order valence-electron chi connectivity index (χ4n) is 2.01. The van der Waals surface area contributed by atoms with Crippen LogP contribution >= 0.6 is 0 Å². The van der Waals surface area contributed by atoms with Gasteiger partial charge in [0.25, 0.3) is 0 Å². The first-order valence-corrected chi connectivity index (χ1v) is 6.44. The predicted molar refractivity (Wildman–Crippen MR) is 68.7 cm³/mol. The lowest BCUT2D eigenvalue weighted by Crippen LogP contribution is -2.48. The van der Waals surface area contributed by atoms with E-state index in [1.165, 1.54) is 0 Å². The van der Waals surface area contributed by atoms with Crippen LogP contribution < -0.4 is 10.6 Å². The third-order valence-electron chi connectivity index (χ3n) is 3.14. The van der Waals surface area contributed by atoms with Crippen molar-refractivity contribution in [2.45, 2.75) is 44.7 Å². The highest BCUT2D eigenvalue weighted by molar-refractivity contribution is 5.88. The van der Waals surface area contributed by atoms with E-state index in [1.807, 2.05) is 6.92 Å². The summed E-state index contributed by atoms with van der Waals surface area (Å²) in [6.07, 6.45) is 1.83. The first-order valence-electron chi connectivity index (χ1n) is 6.44. The van der Waals surface area contributed by atoms with Crippen molar-refractivity contribution in [1.82, 2.24) is 15.5 Å². The number of likely N-dealkylation sites (N-methyl/N-ethyl adjacent to an activating group) is 1. The summed E-state index contributed by atoms with van der Waals surface area (Å²) in [6, 6.07) is -0.943. The van der Waals surface area contributed by atoms with Gasteiger partial charge >= 0.3 is 12.0 Å². The number of aliphatic carboxylic acids is 1. The number of carboxylic acids is 1. The van der Waals surface area contributed by atoms with Crippen LogP contribution in [-0.4, -0.2) is 53.6 Å². The van der Waals surface area contributed by atoms with Crippen molar-refractivity contribution in [3.8, 4) is 0 Å². The molecule has 1 rings (SSSR count). The molecule has 2 unspecified atom stereocenters. The minimum Gasteiger partial charge on any atom is -0.481 e. The Hall–Kier alpha value is -1.79. The normalized spacial score (nSPS) is 20.2. The highest BCUT2D eigenvalue weighted by Crippen LogP contribution is 2.08. The van der Waals surface area contributed by atoms with E-state index in [4.69, 9.17) is 5.11 Å². The summed E-state index contributed by atoms with van der Waals surface area (Å²) in [5.41, 5.74) is 0. The van der Waals surface area contributed by atoms with Crippen molar-refractivity contribution in [1.29, 1.82) is 0 Å². The molecule has 0 saturated carbocycles. The van der Waals surface area contributed by atoms with Gasteiger partial charge in [-0.1, -0.05) is 0 Å².